The molecule has 2 rings (SSSR count). The van der Waals surface area contributed by atoms with Crippen LogP contribution in [0, 0.1) is 5.92 Å². The molecule has 0 aromatic heterocycles. The van der Waals surface area contributed by atoms with Crippen LogP contribution in [-0.2, 0) is 4.74 Å². The summed E-state index contributed by atoms with van der Waals surface area (Å²) in [6, 6.07) is 6.12. The lowest BCUT2D eigenvalue weighted by Gasteiger charge is -2.19. The van der Waals surface area contributed by atoms with Crippen LogP contribution in [0.3, 0.4) is 0 Å². The topological polar surface area (TPSA) is 41.5 Å². The third-order valence-electron chi connectivity index (χ3n) is 3.24. The first-order chi connectivity index (χ1) is 9.22. The molecule has 0 spiro atoms. The normalized spacial score (nSPS) is 16.6. The van der Waals surface area contributed by atoms with Crippen LogP contribution in [0.2, 0.25) is 10.0 Å². The van der Waals surface area contributed by atoms with Crippen LogP contribution in [-0.4, -0.2) is 31.5 Å². The van der Waals surface area contributed by atoms with Crippen LogP contribution in [0.15, 0.2) is 18.2 Å². The summed E-state index contributed by atoms with van der Waals surface area (Å²) in [7, 11) is 0. The van der Waals surface area contributed by atoms with Crippen molar-refractivity contribution in [3.8, 4) is 0 Å². The summed E-state index contributed by atoms with van der Waals surface area (Å²) in [5, 5.41) is 13.3. The van der Waals surface area contributed by atoms with Gasteiger partial charge in [-0.05, 0) is 36.5 Å². The van der Waals surface area contributed by atoms with Crippen molar-refractivity contribution in [3.05, 3.63) is 33.8 Å². The first kappa shape index (κ1) is 15.1. The number of rotatable bonds is 8. The number of nitrogens with one attached hydrogen (secondary N) is 1. The smallest absolute Gasteiger partial charge is 0.0698 e. The molecule has 0 amide bonds. The molecule has 0 heterocycles. The van der Waals surface area contributed by atoms with Crippen LogP contribution in [0.4, 0.5) is 0 Å². The van der Waals surface area contributed by atoms with E-state index in [9.17, 15) is 0 Å². The summed E-state index contributed by atoms with van der Waals surface area (Å²) in [5.74, 6) is 0.676. The van der Waals surface area contributed by atoms with Gasteiger partial charge in [-0.25, -0.2) is 0 Å². The Bertz CT molecular complexity index is 410. The molecule has 1 unspecified atom stereocenters. The Kier molecular flexibility index (Phi) is 5.92. The van der Waals surface area contributed by atoms with Crippen LogP contribution in [0.5, 0.6) is 0 Å². The fraction of sp³-hybridized carbons (Fsp3) is 0.571. The number of hydrogen-bond donors (Lipinski definition) is 2. The van der Waals surface area contributed by atoms with E-state index in [-0.39, 0.29) is 6.61 Å². The molecule has 0 saturated heterocycles. The van der Waals surface area contributed by atoms with Gasteiger partial charge in [0.1, 0.15) is 0 Å². The summed E-state index contributed by atoms with van der Waals surface area (Å²) in [4.78, 5) is 0. The summed E-state index contributed by atoms with van der Waals surface area (Å²) in [6.45, 7) is 1.83. The molecular formula is C14H19Cl2NO2. The van der Waals surface area contributed by atoms with Crippen molar-refractivity contribution < 1.29 is 9.84 Å². The van der Waals surface area contributed by atoms with Gasteiger partial charge in [0, 0.05) is 12.6 Å². The lowest BCUT2D eigenvalue weighted by atomic mass is 10.0. The highest BCUT2D eigenvalue weighted by Crippen LogP contribution is 2.41. The maximum Gasteiger partial charge on any atom is 0.0698 e. The highest BCUT2D eigenvalue weighted by atomic mass is 35.5. The van der Waals surface area contributed by atoms with E-state index in [1.54, 1.807) is 0 Å². The van der Waals surface area contributed by atoms with Gasteiger partial charge in [0.15, 0.2) is 0 Å². The van der Waals surface area contributed by atoms with Crippen molar-refractivity contribution in [2.75, 3.05) is 26.4 Å². The summed E-state index contributed by atoms with van der Waals surface area (Å²) < 4.78 is 5.25. The SMILES string of the molecule is OCCOCCNC(c1ccc(Cl)c(Cl)c1)C1CC1. The van der Waals surface area contributed by atoms with E-state index in [4.69, 9.17) is 33.0 Å². The summed E-state index contributed by atoms with van der Waals surface area (Å²) in [6.07, 6.45) is 2.49. The van der Waals surface area contributed by atoms with E-state index in [2.05, 4.69) is 5.32 Å². The Morgan fingerprint density at radius 3 is 2.68 bits per heavy atom. The zero-order chi connectivity index (χ0) is 13.7. The molecular weight excluding hydrogens is 285 g/mol. The van der Waals surface area contributed by atoms with Gasteiger partial charge in [-0.1, -0.05) is 29.3 Å². The number of ether oxygens (including phenoxy) is 1. The van der Waals surface area contributed by atoms with Gasteiger partial charge < -0.3 is 15.2 Å². The fourth-order valence-electron chi connectivity index (χ4n) is 2.15. The zero-order valence-corrected chi connectivity index (χ0v) is 12.3. The van der Waals surface area contributed by atoms with Gasteiger partial charge in [-0.15, -0.1) is 0 Å². The second kappa shape index (κ2) is 7.46. The van der Waals surface area contributed by atoms with E-state index in [1.165, 1.54) is 18.4 Å². The van der Waals surface area contributed by atoms with Crippen LogP contribution >= 0.6 is 23.2 Å². The van der Waals surface area contributed by atoms with E-state index in [0.717, 1.165) is 6.54 Å². The van der Waals surface area contributed by atoms with Crippen molar-refractivity contribution in [1.29, 1.82) is 0 Å². The van der Waals surface area contributed by atoms with Crippen molar-refractivity contribution in [2.45, 2.75) is 18.9 Å². The summed E-state index contributed by atoms with van der Waals surface area (Å²) in [5.41, 5.74) is 1.18. The minimum atomic E-state index is 0.0683. The van der Waals surface area contributed by atoms with Gasteiger partial charge in [0.2, 0.25) is 0 Å². The summed E-state index contributed by atoms with van der Waals surface area (Å²) >= 11 is 12.0. The first-order valence-corrected chi connectivity index (χ1v) is 7.35. The standard InChI is InChI=1S/C14H19Cl2NO2/c15-12-4-3-11(9-13(12)16)14(10-1-2-10)17-5-7-19-8-6-18/h3-4,9-10,14,17-18H,1-2,5-8H2. The van der Waals surface area contributed by atoms with Crippen molar-refractivity contribution in [2.24, 2.45) is 5.92 Å². The van der Waals surface area contributed by atoms with E-state index in [1.807, 2.05) is 18.2 Å². The fourth-order valence-corrected chi connectivity index (χ4v) is 2.45. The lowest BCUT2D eigenvalue weighted by Crippen LogP contribution is -2.27. The van der Waals surface area contributed by atoms with Crippen LogP contribution in [0.25, 0.3) is 0 Å². The minimum Gasteiger partial charge on any atom is -0.394 e. The second-order valence-electron chi connectivity index (χ2n) is 4.78. The third kappa shape index (κ3) is 4.62. The molecule has 106 valence electrons. The molecule has 19 heavy (non-hydrogen) atoms. The van der Waals surface area contributed by atoms with Gasteiger partial charge in [-0.3, -0.25) is 0 Å². The Hall–Kier alpha value is -0.320. The second-order valence-corrected chi connectivity index (χ2v) is 5.59. The van der Waals surface area contributed by atoms with Crippen molar-refractivity contribution in [3.63, 3.8) is 0 Å². The molecule has 1 aliphatic carbocycles. The van der Waals surface area contributed by atoms with E-state index < -0.39 is 0 Å². The van der Waals surface area contributed by atoms with Crippen molar-refractivity contribution in [1.82, 2.24) is 5.32 Å². The maximum absolute atomic E-state index is 8.63. The molecule has 3 nitrogen and oxygen atoms in total. The minimum absolute atomic E-state index is 0.0683. The maximum atomic E-state index is 8.63. The molecule has 0 bridgehead atoms. The average Bonchev–Trinajstić information content (AvgIpc) is 3.22. The molecule has 0 aliphatic heterocycles. The Morgan fingerprint density at radius 2 is 2.05 bits per heavy atom. The lowest BCUT2D eigenvalue weighted by molar-refractivity contribution is 0.0922. The molecule has 1 aromatic carbocycles. The number of hydrogen-bond acceptors (Lipinski definition) is 3. The Labute approximate surface area is 123 Å². The van der Waals surface area contributed by atoms with Crippen LogP contribution in [0.1, 0.15) is 24.4 Å². The van der Waals surface area contributed by atoms with Crippen molar-refractivity contribution >= 4 is 23.2 Å². The molecule has 1 atom stereocenters. The van der Waals surface area contributed by atoms with E-state index >= 15 is 0 Å². The quantitative estimate of drug-likeness (QED) is 0.725. The molecule has 5 heteroatoms. The first-order valence-electron chi connectivity index (χ1n) is 6.59. The van der Waals surface area contributed by atoms with Crippen LogP contribution < -0.4 is 5.32 Å². The number of benzene rings is 1. The molecule has 1 aliphatic rings. The molecule has 2 N–H and O–H groups in total. The predicted molar refractivity (Wildman–Crippen MR) is 77.8 cm³/mol. The van der Waals surface area contributed by atoms with E-state index in [0.29, 0.717) is 35.2 Å². The third-order valence-corrected chi connectivity index (χ3v) is 3.98. The van der Waals surface area contributed by atoms with Gasteiger partial charge in [-0.2, -0.15) is 0 Å². The molecule has 1 saturated carbocycles. The zero-order valence-electron chi connectivity index (χ0n) is 10.7. The Balaban J connectivity index is 1.90. The molecule has 1 fully saturated rings. The molecule has 1 aromatic rings. The average molecular weight is 304 g/mol. The highest BCUT2D eigenvalue weighted by molar-refractivity contribution is 6.42. The van der Waals surface area contributed by atoms with Gasteiger partial charge in [0.25, 0.3) is 0 Å². The number of halogens is 2. The van der Waals surface area contributed by atoms with Gasteiger partial charge in [0.05, 0.1) is 29.9 Å². The molecule has 0 radical (unpaired) electrons. The Morgan fingerprint density at radius 1 is 1.26 bits per heavy atom. The number of aliphatic hydroxyl groups is 1. The van der Waals surface area contributed by atoms with Gasteiger partial charge >= 0.3 is 0 Å². The number of aliphatic hydroxyl groups excluding tert-OH is 1. The largest absolute Gasteiger partial charge is 0.394 e. The monoisotopic (exact) mass is 303 g/mol. The predicted octanol–water partition coefficient (Wildman–Crippen LogP) is 3.04. The highest BCUT2D eigenvalue weighted by Gasteiger charge is 2.32.